The molecule has 0 saturated carbocycles. The van der Waals surface area contributed by atoms with Crippen LogP contribution in [0.15, 0.2) is 72.8 Å². The molecule has 5 rings (SSSR count). The van der Waals surface area contributed by atoms with E-state index in [0.29, 0.717) is 19.8 Å². The van der Waals surface area contributed by atoms with Gasteiger partial charge in [0.1, 0.15) is 18.1 Å². The van der Waals surface area contributed by atoms with Gasteiger partial charge in [-0.15, -0.1) is 0 Å². The maximum Gasteiger partial charge on any atom is 0.127 e. The molecule has 4 aromatic carbocycles. The number of ether oxygens (including phenoxy) is 3. The molecule has 4 heteroatoms. The van der Waals surface area contributed by atoms with Crippen LogP contribution in [-0.2, 0) is 11.3 Å². The van der Waals surface area contributed by atoms with E-state index < -0.39 is 0 Å². The molecule has 0 aliphatic heterocycles. The second-order valence-corrected chi connectivity index (χ2v) is 11.7. The largest absolute Gasteiger partial charge is 0.493 e. The van der Waals surface area contributed by atoms with Gasteiger partial charge in [-0.3, -0.25) is 0 Å². The van der Waals surface area contributed by atoms with Crippen molar-refractivity contribution in [1.29, 1.82) is 0 Å². The van der Waals surface area contributed by atoms with Gasteiger partial charge in [0.25, 0.3) is 0 Å². The molecule has 0 bridgehead atoms. The smallest absolute Gasteiger partial charge is 0.127 e. The van der Waals surface area contributed by atoms with Gasteiger partial charge in [-0.2, -0.15) is 0 Å². The van der Waals surface area contributed by atoms with Crippen LogP contribution in [0, 0.1) is 13.8 Å². The maximum absolute atomic E-state index is 6.30. The molecule has 226 valence electrons. The third-order valence-corrected chi connectivity index (χ3v) is 8.29. The Morgan fingerprint density at radius 2 is 1.16 bits per heavy atom. The van der Waals surface area contributed by atoms with Gasteiger partial charge in [-0.25, -0.2) is 0 Å². The number of aromatic nitrogens is 1. The second kappa shape index (κ2) is 14.6. The van der Waals surface area contributed by atoms with E-state index in [9.17, 15) is 0 Å². The van der Waals surface area contributed by atoms with Gasteiger partial charge in [0.2, 0.25) is 0 Å². The van der Waals surface area contributed by atoms with Crippen molar-refractivity contribution in [2.75, 3.05) is 26.9 Å². The summed E-state index contributed by atoms with van der Waals surface area (Å²) in [5.74, 6) is 1.73. The van der Waals surface area contributed by atoms with Gasteiger partial charge in [0.15, 0.2) is 0 Å². The number of aryl methyl sites for hydroxylation is 3. The summed E-state index contributed by atoms with van der Waals surface area (Å²) in [6, 6.07) is 26.8. The number of methoxy groups -OCH3 is 1. The molecule has 4 nitrogen and oxygen atoms in total. The topological polar surface area (TPSA) is 32.6 Å². The molecular formula is C39H47NO3. The van der Waals surface area contributed by atoms with Crippen LogP contribution < -0.4 is 9.47 Å². The highest BCUT2D eigenvalue weighted by Crippen LogP contribution is 2.41. The summed E-state index contributed by atoms with van der Waals surface area (Å²) in [5.41, 5.74) is 9.57. The second-order valence-electron chi connectivity index (χ2n) is 11.7. The SMILES string of the molecule is CCCCCCn1c2ccc(C)cc2c2cc(-c3ccc(OCCOC)c(-c4cc(C)ccc4OCCCC)c3)ccc21. The standard InChI is InChI=1S/C39H47NO3/c1-6-8-10-11-20-40-36-16-12-28(3)24-32(36)33-26-30(14-17-37(33)40)31-15-19-39(43-23-22-41-5)35(27-31)34-25-29(4)13-18-38(34)42-21-9-7-2/h12-19,24-27H,6-11,20-23H2,1-5H3. The fraction of sp³-hybridized carbons (Fsp3) is 0.385. The van der Waals surface area contributed by atoms with Crippen molar-refractivity contribution in [2.24, 2.45) is 0 Å². The van der Waals surface area contributed by atoms with E-state index in [-0.39, 0.29) is 0 Å². The third kappa shape index (κ3) is 7.08. The van der Waals surface area contributed by atoms with Crippen LogP contribution in [0.1, 0.15) is 63.5 Å². The Morgan fingerprint density at radius 1 is 0.558 bits per heavy atom. The maximum atomic E-state index is 6.30. The summed E-state index contributed by atoms with van der Waals surface area (Å²) in [7, 11) is 1.70. The monoisotopic (exact) mass is 577 g/mol. The van der Waals surface area contributed by atoms with Crippen molar-refractivity contribution in [3.63, 3.8) is 0 Å². The Bertz CT molecular complexity index is 1670. The van der Waals surface area contributed by atoms with E-state index in [1.165, 1.54) is 64.2 Å². The highest BCUT2D eigenvalue weighted by Gasteiger charge is 2.17. The summed E-state index contributed by atoms with van der Waals surface area (Å²) in [4.78, 5) is 0. The zero-order chi connectivity index (χ0) is 30.2. The highest BCUT2D eigenvalue weighted by atomic mass is 16.5. The molecule has 0 atom stereocenters. The van der Waals surface area contributed by atoms with E-state index in [1.807, 2.05) is 0 Å². The Morgan fingerprint density at radius 3 is 1.93 bits per heavy atom. The molecule has 0 fully saturated rings. The Balaban J connectivity index is 1.60. The van der Waals surface area contributed by atoms with E-state index in [2.05, 4.69) is 105 Å². The molecule has 0 spiro atoms. The minimum Gasteiger partial charge on any atom is -0.493 e. The van der Waals surface area contributed by atoms with Gasteiger partial charge in [0, 0.05) is 46.6 Å². The molecule has 0 saturated heterocycles. The molecule has 0 radical (unpaired) electrons. The minimum atomic E-state index is 0.490. The highest BCUT2D eigenvalue weighted by molar-refractivity contribution is 6.09. The van der Waals surface area contributed by atoms with Gasteiger partial charge in [0.05, 0.1) is 13.2 Å². The molecule has 43 heavy (non-hydrogen) atoms. The lowest BCUT2D eigenvalue weighted by molar-refractivity contribution is 0.146. The first kappa shape index (κ1) is 30.7. The molecule has 0 unspecified atom stereocenters. The Hall–Kier alpha value is -3.76. The number of hydrogen-bond acceptors (Lipinski definition) is 3. The predicted molar refractivity (Wildman–Crippen MR) is 182 cm³/mol. The number of benzene rings is 4. The van der Waals surface area contributed by atoms with Crippen LogP contribution in [0.2, 0.25) is 0 Å². The Labute approximate surface area is 257 Å². The molecule has 0 aliphatic rings. The van der Waals surface area contributed by atoms with Crippen molar-refractivity contribution in [1.82, 2.24) is 4.57 Å². The normalized spacial score (nSPS) is 11.5. The zero-order valence-corrected chi connectivity index (χ0v) is 26.7. The quantitative estimate of drug-likeness (QED) is 0.116. The van der Waals surface area contributed by atoms with Crippen molar-refractivity contribution >= 4 is 21.8 Å². The van der Waals surface area contributed by atoms with Crippen molar-refractivity contribution in [3.8, 4) is 33.8 Å². The minimum absolute atomic E-state index is 0.490. The first-order valence-corrected chi connectivity index (χ1v) is 16.1. The first-order valence-electron chi connectivity index (χ1n) is 16.1. The number of rotatable bonds is 15. The van der Waals surface area contributed by atoms with Crippen molar-refractivity contribution < 1.29 is 14.2 Å². The van der Waals surface area contributed by atoms with Gasteiger partial charge in [-0.1, -0.05) is 74.9 Å². The average Bonchev–Trinajstić information content (AvgIpc) is 3.32. The number of unbranched alkanes of at least 4 members (excludes halogenated alkanes) is 4. The summed E-state index contributed by atoms with van der Waals surface area (Å²) in [6.45, 7) is 11.5. The van der Waals surface area contributed by atoms with Crippen LogP contribution in [0.4, 0.5) is 0 Å². The number of nitrogens with zero attached hydrogens (tertiary/aromatic N) is 1. The molecule has 0 amide bonds. The fourth-order valence-electron chi connectivity index (χ4n) is 5.92. The molecule has 0 aliphatic carbocycles. The molecule has 0 N–H and O–H groups in total. The molecule has 5 aromatic rings. The van der Waals surface area contributed by atoms with E-state index in [4.69, 9.17) is 14.2 Å². The van der Waals surface area contributed by atoms with E-state index in [1.54, 1.807) is 7.11 Å². The summed E-state index contributed by atoms with van der Waals surface area (Å²) >= 11 is 0. The molecule has 1 heterocycles. The fourth-order valence-corrected chi connectivity index (χ4v) is 5.92. The molecule has 1 aromatic heterocycles. The van der Waals surface area contributed by atoms with Crippen LogP contribution in [0.25, 0.3) is 44.1 Å². The average molecular weight is 578 g/mol. The lowest BCUT2D eigenvalue weighted by Crippen LogP contribution is -2.06. The summed E-state index contributed by atoms with van der Waals surface area (Å²) in [6.07, 6.45) is 7.14. The summed E-state index contributed by atoms with van der Waals surface area (Å²) in [5, 5.41) is 2.64. The van der Waals surface area contributed by atoms with Gasteiger partial charge in [-0.05, 0) is 86.3 Å². The summed E-state index contributed by atoms with van der Waals surface area (Å²) < 4.78 is 20.4. The van der Waals surface area contributed by atoms with Gasteiger partial charge >= 0.3 is 0 Å². The third-order valence-electron chi connectivity index (χ3n) is 8.29. The lowest BCUT2D eigenvalue weighted by atomic mass is 9.95. The van der Waals surface area contributed by atoms with Crippen molar-refractivity contribution in [3.05, 3.63) is 83.9 Å². The van der Waals surface area contributed by atoms with Crippen LogP contribution in [0.3, 0.4) is 0 Å². The van der Waals surface area contributed by atoms with Crippen LogP contribution in [0.5, 0.6) is 11.5 Å². The number of fused-ring (bicyclic) bond motifs is 3. The van der Waals surface area contributed by atoms with Crippen molar-refractivity contribution in [2.45, 2.75) is 72.8 Å². The number of hydrogen-bond donors (Lipinski definition) is 0. The van der Waals surface area contributed by atoms with Crippen LogP contribution >= 0.6 is 0 Å². The van der Waals surface area contributed by atoms with Gasteiger partial charge < -0.3 is 18.8 Å². The lowest BCUT2D eigenvalue weighted by Gasteiger charge is -2.17. The van der Waals surface area contributed by atoms with E-state index >= 15 is 0 Å². The first-order chi connectivity index (χ1) is 21.0. The predicted octanol–water partition coefficient (Wildman–Crippen LogP) is 10.5. The van der Waals surface area contributed by atoms with E-state index in [0.717, 1.165) is 47.6 Å². The zero-order valence-electron chi connectivity index (χ0n) is 26.7. The molecular weight excluding hydrogens is 530 g/mol. The Kier molecular flexibility index (Phi) is 10.4. The van der Waals surface area contributed by atoms with Crippen LogP contribution in [-0.4, -0.2) is 31.5 Å².